The van der Waals surface area contributed by atoms with Crippen molar-refractivity contribution in [3.63, 3.8) is 0 Å². The zero-order valence-corrected chi connectivity index (χ0v) is 19.1. The predicted octanol–water partition coefficient (Wildman–Crippen LogP) is 4.14. The fourth-order valence-corrected chi connectivity index (χ4v) is 4.11. The summed E-state index contributed by atoms with van der Waals surface area (Å²) >= 11 is 0. The highest BCUT2D eigenvalue weighted by Gasteiger charge is 2.31. The van der Waals surface area contributed by atoms with Gasteiger partial charge in [-0.05, 0) is 56.5 Å². The summed E-state index contributed by atoms with van der Waals surface area (Å²) in [6.07, 6.45) is 6.78. The molecule has 0 amide bonds. The minimum absolute atomic E-state index is 0.113. The Morgan fingerprint density at radius 2 is 2.00 bits per heavy atom. The normalized spacial score (nSPS) is 17.3. The number of anilines is 1. The number of nitrogens with one attached hydrogen (secondary N) is 1. The Bertz CT molecular complexity index is 1310. The van der Waals surface area contributed by atoms with Crippen molar-refractivity contribution in [1.29, 1.82) is 0 Å². The Balaban J connectivity index is 1.26. The molecule has 10 heteroatoms. The van der Waals surface area contributed by atoms with E-state index in [1.165, 1.54) is 0 Å². The Hall–Kier alpha value is -4.34. The average molecular weight is 473 g/mol. The molecule has 0 aliphatic heterocycles. The third-order valence-corrected chi connectivity index (χ3v) is 6.00. The third-order valence-electron chi connectivity index (χ3n) is 6.00. The first-order valence-electron chi connectivity index (χ1n) is 11.4. The largest absolute Gasteiger partial charge is 0.489 e. The van der Waals surface area contributed by atoms with Crippen LogP contribution >= 0.6 is 0 Å². The number of aliphatic carboxylic acids is 1. The van der Waals surface area contributed by atoms with Crippen molar-refractivity contribution in [2.24, 2.45) is 5.92 Å². The molecule has 0 bridgehead atoms. The second kappa shape index (κ2) is 9.88. The number of ether oxygens (including phenoxy) is 1. The lowest BCUT2D eigenvalue weighted by Crippen LogP contribution is -2.15. The topological polar surface area (TPSA) is 136 Å². The van der Waals surface area contributed by atoms with Crippen LogP contribution in [0.4, 0.5) is 5.95 Å². The third kappa shape index (κ3) is 5.11. The Morgan fingerprint density at radius 3 is 2.74 bits per heavy atom. The van der Waals surface area contributed by atoms with Gasteiger partial charge in [0.25, 0.3) is 0 Å². The molecule has 4 aromatic heterocycles. The summed E-state index contributed by atoms with van der Waals surface area (Å²) in [5.74, 6) is 0.510. The van der Waals surface area contributed by atoms with E-state index in [1.807, 2.05) is 37.3 Å². The van der Waals surface area contributed by atoms with E-state index in [9.17, 15) is 4.79 Å². The van der Waals surface area contributed by atoms with Gasteiger partial charge in [-0.3, -0.25) is 9.78 Å². The van der Waals surface area contributed by atoms with Crippen LogP contribution in [0.5, 0.6) is 5.75 Å². The van der Waals surface area contributed by atoms with Gasteiger partial charge in [-0.15, -0.1) is 0 Å². The van der Waals surface area contributed by atoms with Crippen LogP contribution in [-0.2, 0) is 11.3 Å². The molecule has 2 N–H and O–H groups in total. The average Bonchev–Trinajstić information content (AvgIpc) is 3.51. The lowest BCUT2D eigenvalue weighted by molar-refractivity contribution is -0.141. The van der Waals surface area contributed by atoms with Gasteiger partial charge >= 0.3 is 5.97 Å². The molecule has 4 aromatic rings. The molecule has 178 valence electrons. The van der Waals surface area contributed by atoms with Gasteiger partial charge in [-0.2, -0.15) is 0 Å². The summed E-state index contributed by atoms with van der Waals surface area (Å²) in [6, 6.07) is 11.1. The molecular weight excluding hydrogens is 448 g/mol. The minimum Gasteiger partial charge on any atom is -0.489 e. The Morgan fingerprint density at radius 1 is 1.09 bits per heavy atom. The molecule has 0 saturated heterocycles. The van der Waals surface area contributed by atoms with E-state index in [-0.39, 0.29) is 12.0 Å². The van der Waals surface area contributed by atoms with E-state index in [2.05, 4.69) is 30.4 Å². The van der Waals surface area contributed by atoms with Crippen molar-refractivity contribution in [3.05, 3.63) is 66.2 Å². The molecule has 35 heavy (non-hydrogen) atoms. The van der Waals surface area contributed by atoms with Crippen LogP contribution in [0.1, 0.15) is 30.5 Å². The molecule has 1 aliphatic rings. The second-order valence-electron chi connectivity index (χ2n) is 8.38. The lowest BCUT2D eigenvalue weighted by atomic mass is 10.1. The number of aromatic nitrogens is 5. The minimum atomic E-state index is -0.764. The number of carbonyl (C=O) groups is 1. The monoisotopic (exact) mass is 472 g/mol. The zero-order chi connectivity index (χ0) is 24.2. The van der Waals surface area contributed by atoms with Crippen molar-refractivity contribution >= 4 is 11.9 Å². The maximum absolute atomic E-state index is 11.2. The van der Waals surface area contributed by atoms with Crippen molar-refractivity contribution in [2.75, 3.05) is 5.32 Å². The Kier molecular flexibility index (Phi) is 6.34. The molecular formula is C25H24N6O4. The quantitative estimate of drug-likeness (QED) is 0.385. The number of hydrogen-bond acceptors (Lipinski definition) is 9. The predicted molar refractivity (Wildman–Crippen MR) is 126 cm³/mol. The molecule has 1 aliphatic carbocycles. The molecule has 10 nitrogen and oxygen atoms in total. The van der Waals surface area contributed by atoms with Crippen LogP contribution in [0, 0.1) is 12.8 Å². The number of rotatable bonds is 8. The fourth-order valence-electron chi connectivity index (χ4n) is 4.11. The lowest BCUT2D eigenvalue weighted by Gasteiger charge is -2.13. The van der Waals surface area contributed by atoms with Gasteiger partial charge in [0.05, 0.1) is 35.3 Å². The van der Waals surface area contributed by atoms with Gasteiger partial charge in [-0.25, -0.2) is 15.0 Å². The summed E-state index contributed by atoms with van der Waals surface area (Å²) in [7, 11) is 0. The van der Waals surface area contributed by atoms with Crippen LogP contribution in [0.3, 0.4) is 0 Å². The summed E-state index contributed by atoms with van der Waals surface area (Å²) in [5, 5.41) is 16.5. The number of hydrogen-bond donors (Lipinski definition) is 2. The van der Waals surface area contributed by atoms with E-state index in [0.29, 0.717) is 42.5 Å². The van der Waals surface area contributed by atoms with Gasteiger partial charge in [0, 0.05) is 24.5 Å². The molecule has 1 saturated carbocycles. The van der Waals surface area contributed by atoms with E-state index in [1.54, 1.807) is 24.7 Å². The molecule has 0 unspecified atom stereocenters. The first-order valence-corrected chi connectivity index (χ1v) is 11.4. The number of aryl methyl sites for hydroxylation is 1. The molecule has 0 aromatic carbocycles. The van der Waals surface area contributed by atoms with Gasteiger partial charge in [0.15, 0.2) is 5.76 Å². The maximum atomic E-state index is 11.2. The zero-order valence-electron chi connectivity index (χ0n) is 19.1. The smallest absolute Gasteiger partial charge is 0.306 e. The summed E-state index contributed by atoms with van der Waals surface area (Å²) < 4.78 is 11.5. The van der Waals surface area contributed by atoms with Crippen LogP contribution < -0.4 is 10.1 Å². The highest BCUT2D eigenvalue weighted by molar-refractivity contribution is 5.70. The van der Waals surface area contributed by atoms with E-state index in [4.69, 9.17) is 14.4 Å². The molecule has 5 rings (SSSR count). The van der Waals surface area contributed by atoms with Crippen molar-refractivity contribution in [2.45, 2.75) is 38.8 Å². The van der Waals surface area contributed by atoms with Gasteiger partial charge in [-0.1, -0.05) is 11.2 Å². The molecule has 0 radical (unpaired) electrons. The fraction of sp³-hybridized carbons (Fsp3) is 0.280. The standard InChI is InChI=1S/C25H24N6O4/c1-15-19(14-29-25-27-11-9-21(30-25)20-4-2-3-10-26-20)23(35-31-15)22-8-7-18(13-28-22)34-17-6-5-16(12-17)24(32)33/h2-4,7-11,13,16-17H,5-6,12,14H2,1H3,(H,32,33)(H,27,29,30)/t16-,17-/m0/s1. The molecule has 2 atom stereocenters. The molecule has 4 heterocycles. The van der Waals surface area contributed by atoms with E-state index in [0.717, 1.165) is 29.1 Å². The van der Waals surface area contributed by atoms with Crippen LogP contribution in [0.15, 0.2) is 59.5 Å². The second-order valence-corrected chi connectivity index (χ2v) is 8.38. The first-order chi connectivity index (χ1) is 17.1. The number of pyridine rings is 2. The van der Waals surface area contributed by atoms with E-state index < -0.39 is 5.97 Å². The summed E-state index contributed by atoms with van der Waals surface area (Å²) in [6.45, 7) is 2.26. The molecule has 0 spiro atoms. The van der Waals surface area contributed by atoms with Gasteiger partial charge < -0.3 is 19.7 Å². The van der Waals surface area contributed by atoms with Crippen LogP contribution in [0.25, 0.3) is 22.8 Å². The summed E-state index contributed by atoms with van der Waals surface area (Å²) in [4.78, 5) is 28.8. The van der Waals surface area contributed by atoms with Crippen molar-refractivity contribution in [1.82, 2.24) is 25.1 Å². The number of nitrogens with zero attached hydrogens (tertiary/aromatic N) is 5. The SMILES string of the molecule is Cc1noc(-c2ccc(O[C@H]3CC[C@H](C(=O)O)C3)cn2)c1CNc1nccc(-c2ccccn2)n1. The summed E-state index contributed by atoms with van der Waals surface area (Å²) in [5.41, 5.74) is 3.69. The first kappa shape index (κ1) is 22.5. The maximum Gasteiger partial charge on any atom is 0.306 e. The van der Waals surface area contributed by atoms with Crippen LogP contribution in [0.2, 0.25) is 0 Å². The van der Waals surface area contributed by atoms with E-state index >= 15 is 0 Å². The Labute approximate surface area is 201 Å². The van der Waals surface area contributed by atoms with Crippen molar-refractivity contribution < 1.29 is 19.2 Å². The molecule has 1 fully saturated rings. The van der Waals surface area contributed by atoms with Crippen molar-refractivity contribution in [3.8, 4) is 28.6 Å². The van der Waals surface area contributed by atoms with Gasteiger partial charge in [0.1, 0.15) is 11.4 Å². The number of carboxylic acids is 1. The van der Waals surface area contributed by atoms with Gasteiger partial charge in [0.2, 0.25) is 5.95 Å². The van der Waals surface area contributed by atoms with Crippen LogP contribution in [-0.4, -0.2) is 42.3 Å². The highest BCUT2D eigenvalue weighted by Crippen LogP contribution is 2.31. The number of carboxylic acid groups (broad SMARTS) is 1. The highest BCUT2D eigenvalue weighted by atomic mass is 16.5.